The number of phenols is 1. The maximum absolute atomic E-state index is 10.4. The number of rotatable bonds is 1. The molecule has 1 aromatic carbocycles. The molecule has 0 saturated carbocycles. The average molecular weight is 215 g/mol. The van der Waals surface area contributed by atoms with Gasteiger partial charge in [-0.3, -0.25) is 4.79 Å². The van der Waals surface area contributed by atoms with Gasteiger partial charge in [-0.15, -0.1) is 0 Å². The van der Waals surface area contributed by atoms with Crippen LogP contribution in [0.25, 0.3) is 0 Å². The van der Waals surface area contributed by atoms with E-state index < -0.39 is 0 Å². The number of aryl methyl sites for hydroxylation is 1. The summed E-state index contributed by atoms with van der Waals surface area (Å²) in [4.78, 5) is 10.4. The number of carbonyl (C=O) groups is 1. The van der Waals surface area contributed by atoms with Gasteiger partial charge in [-0.1, -0.05) is 0 Å². The van der Waals surface area contributed by atoms with E-state index in [0.717, 1.165) is 11.8 Å². The molecule has 11 heavy (non-hydrogen) atoms. The third kappa shape index (κ3) is 1.60. The van der Waals surface area contributed by atoms with Gasteiger partial charge in [0.25, 0.3) is 0 Å². The monoisotopic (exact) mass is 214 g/mol. The molecule has 1 rings (SSSR count). The van der Waals surface area contributed by atoms with E-state index >= 15 is 0 Å². The van der Waals surface area contributed by atoms with Gasteiger partial charge in [0.15, 0.2) is 0 Å². The SMILES string of the molecule is Cc1cc(Br)c(O)cc1C=O. The Balaban J connectivity index is 3.31. The molecule has 0 heterocycles. The number of carbonyl (C=O) groups excluding carboxylic acids is 1. The van der Waals surface area contributed by atoms with Crippen molar-refractivity contribution in [1.82, 2.24) is 0 Å². The normalized spacial score (nSPS) is 9.64. The fraction of sp³-hybridized carbons (Fsp3) is 0.125. The molecule has 0 unspecified atom stereocenters. The molecule has 1 aromatic rings. The average Bonchev–Trinajstić information content (AvgIpc) is 1.97. The summed E-state index contributed by atoms with van der Waals surface area (Å²) in [5.74, 6) is 0.0951. The third-order valence-corrected chi connectivity index (χ3v) is 2.10. The summed E-state index contributed by atoms with van der Waals surface area (Å²) >= 11 is 3.14. The Morgan fingerprint density at radius 1 is 1.55 bits per heavy atom. The predicted octanol–water partition coefficient (Wildman–Crippen LogP) is 2.28. The van der Waals surface area contributed by atoms with E-state index in [1.165, 1.54) is 6.07 Å². The molecular weight excluding hydrogens is 208 g/mol. The van der Waals surface area contributed by atoms with Crippen molar-refractivity contribution >= 4 is 22.2 Å². The molecule has 3 heteroatoms. The number of benzene rings is 1. The molecule has 0 aromatic heterocycles. The number of hydrogen-bond acceptors (Lipinski definition) is 2. The highest BCUT2D eigenvalue weighted by Crippen LogP contribution is 2.26. The first kappa shape index (κ1) is 8.27. The Kier molecular flexibility index (Phi) is 2.29. The molecule has 58 valence electrons. The second-order valence-electron chi connectivity index (χ2n) is 2.28. The molecule has 0 bridgehead atoms. The molecule has 0 aliphatic heterocycles. The number of halogens is 1. The molecule has 0 aliphatic rings. The summed E-state index contributed by atoms with van der Waals surface area (Å²) in [5, 5.41) is 9.15. The van der Waals surface area contributed by atoms with E-state index in [9.17, 15) is 4.79 Å². The number of hydrogen-bond donors (Lipinski definition) is 1. The lowest BCUT2D eigenvalue weighted by Gasteiger charge is -2.00. The Labute approximate surface area is 73.0 Å². The van der Waals surface area contributed by atoms with Gasteiger partial charge < -0.3 is 5.11 Å². The molecular formula is C8H7BrO2. The number of phenolic OH excluding ortho intramolecular Hbond substituents is 1. The van der Waals surface area contributed by atoms with E-state index in [1.807, 2.05) is 6.92 Å². The second kappa shape index (κ2) is 3.05. The summed E-state index contributed by atoms with van der Waals surface area (Å²) in [6.45, 7) is 1.81. The Morgan fingerprint density at radius 3 is 2.73 bits per heavy atom. The Bertz CT molecular complexity index is 294. The molecule has 0 atom stereocenters. The van der Waals surface area contributed by atoms with E-state index in [1.54, 1.807) is 6.07 Å². The van der Waals surface area contributed by atoms with E-state index in [2.05, 4.69) is 15.9 Å². The van der Waals surface area contributed by atoms with Crippen LogP contribution >= 0.6 is 15.9 Å². The smallest absolute Gasteiger partial charge is 0.150 e. The van der Waals surface area contributed by atoms with Crippen molar-refractivity contribution in [3.05, 3.63) is 27.7 Å². The highest BCUT2D eigenvalue weighted by Gasteiger charge is 2.02. The topological polar surface area (TPSA) is 37.3 Å². The van der Waals surface area contributed by atoms with Crippen LogP contribution in [-0.2, 0) is 0 Å². The first-order valence-electron chi connectivity index (χ1n) is 3.09. The summed E-state index contributed by atoms with van der Waals surface area (Å²) in [7, 11) is 0. The molecule has 0 aliphatic carbocycles. The highest BCUT2D eigenvalue weighted by molar-refractivity contribution is 9.10. The van der Waals surface area contributed by atoms with Crippen molar-refractivity contribution in [2.75, 3.05) is 0 Å². The summed E-state index contributed by atoms with van der Waals surface area (Å²) in [6.07, 6.45) is 0.724. The summed E-state index contributed by atoms with van der Waals surface area (Å²) in [6, 6.07) is 3.14. The van der Waals surface area contributed by atoms with Crippen LogP contribution < -0.4 is 0 Å². The zero-order valence-electron chi connectivity index (χ0n) is 5.97. The van der Waals surface area contributed by atoms with Gasteiger partial charge in [-0.2, -0.15) is 0 Å². The van der Waals surface area contributed by atoms with Crippen molar-refractivity contribution in [3.63, 3.8) is 0 Å². The first-order chi connectivity index (χ1) is 5.15. The lowest BCUT2D eigenvalue weighted by atomic mass is 10.1. The maximum Gasteiger partial charge on any atom is 0.150 e. The Morgan fingerprint density at radius 2 is 2.18 bits per heavy atom. The van der Waals surface area contributed by atoms with Crippen LogP contribution in [-0.4, -0.2) is 11.4 Å². The zero-order chi connectivity index (χ0) is 8.43. The fourth-order valence-corrected chi connectivity index (χ4v) is 1.26. The van der Waals surface area contributed by atoms with Crippen molar-refractivity contribution < 1.29 is 9.90 Å². The quantitative estimate of drug-likeness (QED) is 0.729. The van der Waals surface area contributed by atoms with Gasteiger partial charge in [-0.05, 0) is 40.5 Å². The minimum atomic E-state index is 0.0951. The van der Waals surface area contributed by atoms with Gasteiger partial charge in [0.05, 0.1) is 4.47 Å². The van der Waals surface area contributed by atoms with Crippen molar-refractivity contribution in [2.45, 2.75) is 6.92 Å². The van der Waals surface area contributed by atoms with Crippen LogP contribution in [0.2, 0.25) is 0 Å². The Hall–Kier alpha value is -0.830. The van der Waals surface area contributed by atoms with Crippen molar-refractivity contribution in [2.24, 2.45) is 0 Å². The van der Waals surface area contributed by atoms with Gasteiger partial charge in [-0.25, -0.2) is 0 Å². The van der Waals surface area contributed by atoms with Crippen LogP contribution in [0.4, 0.5) is 0 Å². The highest BCUT2D eigenvalue weighted by atomic mass is 79.9. The van der Waals surface area contributed by atoms with Crippen LogP contribution in [0.1, 0.15) is 15.9 Å². The summed E-state index contributed by atoms with van der Waals surface area (Å²) in [5.41, 5.74) is 1.37. The minimum Gasteiger partial charge on any atom is -0.507 e. The number of aromatic hydroxyl groups is 1. The fourth-order valence-electron chi connectivity index (χ4n) is 0.804. The first-order valence-corrected chi connectivity index (χ1v) is 3.88. The largest absolute Gasteiger partial charge is 0.507 e. The molecule has 2 nitrogen and oxygen atoms in total. The van der Waals surface area contributed by atoms with Crippen LogP contribution in [0.15, 0.2) is 16.6 Å². The minimum absolute atomic E-state index is 0.0951. The van der Waals surface area contributed by atoms with Crippen LogP contribution in [0, 0.1) is 6.92 Å². The van der Waals surface area contributed by atoms with Crippen molar-refractivity contribution in [1.29, 1.82) is 0 Å². The molecule has 1 N–H and O–H groups in total. The van der Waals surface area contributed by atoms with E-state index in [0.29, 0.717) is 10.0 Å². The molecule has 0 fully saturated rings. The van der Waals surface area contributed by atoms with E-state index in [-0.39, 0.29) is 5.75 Å². The maximum atomic E-state index is 10.4. The summed E-state index contributed by atoms with van der Waals surface area (Å²) < 4.78 is 0.612. The molecule has 0 spiro atoms. The molecule has 0 radical (unpaired) electrons. The van der Waals surface area contributed by atoms with Crippen LogP contribution in [0.5, 0.6) is 5.75 Å². The van der Waals surface area contributed by atoms with Gasteiger partial charge >= 0.3 is 0 Å². The lowest BCUT2D eigenvalue weighted by molar-refractivity contribution is 0.112. The van der Waals surface area contributed by atoms with E-state index in [4.69, 9.17) is 5.11 Å². The molecule has 0 amide bonds. The lowest BCUT2D eigenvalue weighted by Crippen LogP contribution is -1.85. The third-order valence-electron chi connectivity index (χ3n) is 1.46. The zero-order valence-corrected chi connectivity index (χ0v) is 7.55. The second-order valence-corrected chi connectivity index (χ2v) is 3.13. The standard InChI is InChI=1S/C8H7BrO2/c1-5-2-7(9)8(11)3-6(5)4-10/h2-4,11H,1H3. The van der Waals surface area contributed by atoms with Crippen molar-refractivity contribution in [3.8, 4) is 5.75 Å². The van der Waals surface area contributed by atoms with Gasteiger partial charge in [0.2, 0.25) is 0 Å². The van der Waals surface area contributed by atoms with Crippen LogP contribution in [0.3, 0.4) is 0 Å². The number of aldehydes is 1. The predicted molar refractivity (Wildman–Crippen MR) is 45.9 cm³/mol. The molecule has 0 saturated heterocycles. The van der Waals surface area contributed by atoms with Gasteiger partial charge in [0.1, 0.15) is 12.0 Å². The van der Waals surface area contributed by atoms with Gasteiger partial charge in [0, 0.05) is 5.56 Å².